The number of hydrogen-bond acceptors (Lipinski definition) is 6. The highest BCUT2D eigenvalue weighted by molar-refractivity contribution is 5.77. The van der Waals surface area contributed by atoms with Crippen LogP contribution in [0, 0.1) is 0 Å². The van der Waals surface area contributed by atoms with E-state index in [9.17, 15) is 28.2 Å². The molecule has 0 spiro atoms. The SMILES string of the molecule is O=C1NC(O)C=CN1[C@@H]1O[C@@](COCc2ccccc2)(CC(F)(F)F)[C@@H](OCc2ccccc2)[C@H]1O. The van der Waals surface area contributed by atoms with Crippen molar-refractivity contribution in [1.82, 2.24) is 10.2 Å². The van der Waals surface area contributed by atoms with Crippen LogP contribution in [0.15, 0.2) is 72.9 Å². The van der Waals surface area contributed by atoms with Crippen LogP contribution in [-0.4, -0.2) is 64.2 Å². The lowest BCUT2D eigenvalue weighted by Crippen LogP contribution is -2.53. The summed E-state index contributed by atoms with van der Waals surface area (Å²) < 4.78 is 58.9. The maximum absolute atomic E-state index is 13.9. The summed E-state index contributed by atoms with van der Waals surface area (Å²) in [6.45, 7) is -0.653. The number of aliphatic hydroxyl groups excluding tert-OH is 2. The Morgan fingerprint density at radius 3 is 2.19 bits per heavy atom. The maximum Gasteiger partial charge on any atom is 0.392 e. The Morgan fingerprint density at radius 1 is 1.00 bits per heavy atom. The number of benzene rings is 2. The predicted molar refractivity (Wildman–Crippen MR) is 121 cm³/mol. The van der Waals surface area contributed by atoms with E-state index < -0.39 is 55.5 Å². The van der Waals surface area contributed by atoms with Crippen molar-refractivity contribution in [3.8, 4) is 0 Å². The quantitative estimate of drug-likeness (QED) is 0.482. The van der Waals surface area contributed by atoms with Crippen LogP contribution in [0.3, 0.4) is 0 Å². The van der Waals surface area contributed by atoms with Crippen LogP contribution in [0.2, 0.25) is 0 Å². The summed E-state index contributed by atoms with van der Waals surface area (Å²) in [4.78, 5) is 13.3. The summed E-state index contributed by atoms with van der Waals surface area (Å²) >= 11 is 0. The minimum absolute atomic E-state index is 0.00622. The molecule has 2 amide bonds. The van der Waals surface area contributed by atoms with Gasteiger partial charge in [0.25, 0.3) is 0 Å². The van der Waals surface area contributed by atoms with Gasteiger partial charge in [-0.3, -0.25) is 4.90 Å². The molecule has 0 aromatic heterocycles. The number of ether oxygens (including phenoxy) is 3. The van der Waals surface area contributed by atoms with Crippen LogP contribution >= 0.6 is 0 Å². The fraction of sp³-hybridized carbons (Fsp3) is 0.400. The van der Waals surface area contributed by atoms with Crippen LogP contribution < -0.4 is 5.32 Å². The van der Waals surface area contributed by atoms with Crippen molar-refractivity contribution < 1.29 is 42.4 Å². The standard InChI is InChI=1S/C25H27F3N2O6/c26-25(27,28)15-24(16-34-13-17-7-3-1-4-8-17)21(35-14-18-9-5-2-6-10-18)20(32)22(36-24)30-12-11-19(31)29-23(30)33/h1-12,19-22,31-32H,13-16H2,(H,29,33)/t19?,20-,21+,22-,24-/m1/s1. The second-order valence-corrected chi connectivity index (χ2v) is 8.69. The Morgan fingerprint density at radius 2 is 1.61 bits per heavy atom. The molecule has 194 valence electrons. The highest BCUT2D eigenvalue weighted by atomic mass is 19.4. The molecule has 3 N–H and O–H groups in total. The Balaban J connectivity index is 1.63. The minimum atomic E-state index is -4.70. The third-order valence-electron chi connectivity index (χ3n) is 5.92. The van der Waals surface area contributed by atoms with Gasteiger partial charge in [0.1, 0.15) is 24.0 Å². The number of alkyl halides is 3. The first kappa shape index (κ1) is 26.1. The van der Waals surface area contributed by atoms with Gasteiger partial charge in [0.2, 0.25) is 0 Å². The molecule has 2 heterocycles. The van der Waals surface area contributed by atoms with E-state index in [-0.39, 0.29) is 13.2 Å². The molecule has 5 atom stereocenters. The zero-order chi connectivity index (χ0) is 25.8. The molecule has 1 unspecified atom stereocenters. The van der Waals surface area contributed by atoms with Crippen molar-refractivity contribution in [2.75, 3.05) is 6.61 Å². The van der Waals surface area contributed by atoms with Crippen LogP contribution in [0.1, 0.15) is 17.5 Å². The zero-order valence-corrected chi connectivity index (χ0v) is 19.2. The third-order valence-corrected chi connectivity index (χ3v) is 5.92. The van der Waals surface area contributed by atoms with Crippen molar-refractivity contribution in [3.63, 3.8) is 0 Å². The molecule has 11 heteroatoms. The van der Waals surface area contributed by atoms with Crippen molar-refractivity contribution in [3.05, 3.63) is 84.1 Å². The van der Waals surface area contributed by atoms with Gasteiger partial charge < -0.3 is 29.7 Å². The molecule has 2 aliphatic rings. The lowest BCUT2D eigenvalue weighted by molar-refractivity contribution is -0.228. The number of amides is 2. The van der Waals surface area contributed by atoms with Gasteiger partial charge in [-0.05, 0) is 17.2 Å². The largest absolute Gasteiger partial charge is 0.392 e. The van der Waals surface area contributed by atoms with Crippen LogP contribution in [0.25, 0.3) is 0 Å². The van der Waals surface area contributed by atoms with Gasteiger partial charge in [-0.25, -0.2) is 4.79 Å². The van der Waals surface area contributed by atoms with Gasteiger partial charge in [0.05, 0.1) is 26.2 Å². The molecule has 1 fully saturated rings. The molecular weight excluding hydrogens is 481 g/mol. The highest BCUT2D eigenvalue weighted by Crippen LogP contribution is 2.43. The maximum atomic E-state index is 13.9. The van der Waals surface area contributed by atoms with E-state index in [1.165, 1.54) is 6.08 Å². The normalized spacial score (nSPS) is 28.4. The Kier molecular flexibility index (Phi) is 7.96. The molecule has 0 aliphatic carbocycles. The highest BCUT2D eigenvalue weighted by Gasteiger charge is 2.61. The number of halogens is 3. The van der Waals surface area contributed by atoms with Gasteiger partial charge >= 0.3 is 12.2 Å². The summed E-state index contributed by atoms with van der Waals surface area (Å²) in [5.41, 5.74) is -0.738. The zero-order valence-electron chi connectivity index (χ0n) is 19.2. The minimum Gasteiger partial charge on any atom is -0.386 e. The molecule has 0 saturated carbocycles. The van der Waals surface area contributed by atoms with Crippen molar-refractivity contribution in [2.24, 2.45) is 0 Å². The Bertz CT molecular complexity index is 1040. The first-order valence-electron chi connectivity index (χ1n) is 11.3. The fourth-order valence-corrected chi connectivity index (χ4v) is 4.33. The molecular formula is C25H27F3N2O6. The van der Waals surface area contributed by atoms with Gasteiger partial charge in [-0.2, -0.15) is 13.2 Å². The van der Waals surface area contributed by atoms with E-state index in [4.69, 9.17) is 14.2 Å². The van der Waals surface area contributed by atoms with Gasteiger partial charge in [0.15, 0.2) is 6.23 Å². The van der Waals surface area contributed by atoms with E-state index in [1.807, 2.05) is 0 Å². The second kappa shape index (κ2) is 11.0. The topological polar surface area (TPSA) is 100 Å². The molecule has 0 radical (unpaired) electrons. The van der Waals surface area contributed by atoms with E-state index in [1.54, 1.807) is 60.7 Å². The predicted octanol–water partition coefficient (Wildman–Crippen LogP) is 3.05. The molecule has 2 aliphatic heterocycles. The van der Waals surface area contributed by atoms with E-state index in [2.05, 4.69) is 5.32 Å². The summed E-state index contributed by atoms with van der Waals surface area (Å²) in [6, 6.07) is 16.8. The molecule has 0 bridgehead atoms. The second-order valence-electron chi connectivity index (χ2n) is 8.69. The number of aliphatic hydroxyl groups is 2. The van der Waals surface area contributed by atoms with Gasteiger partial charge in [-0.15, -0.1) is 0 Å². The lowest BCUT2D eigenvalue weighted by Gasteiger charge is -2.35. The van der Waals surface area contributed by atoms with Gasteiger partial charge in [-0.1, -0.05) is 60.7 Å². The third kappa shape index (κ3) is 6.23. The number of carbonyl (C=O) groups is 1. The molecule has 1 saturated heterocycles. The first-order chi connectivity index (χ1) is 17.2. The summed E-state index contributed by atoms with van der Waals surface area (Å²) in [5.74, 6) is 0. The van der Waals surface area contributed by atoms with E-state index in [0.29, 0.717) is 5.56 Å². The average molecular weight is 508 g/mol. The van der Waals surface area contributed by atoms with Crippen molar-refractivity contribution in [2.45, 2.75) is 56.1 Å². The fourth-order valence-electron chi connectivity index (χ4n) is 4.33. The van der Waals surface area contributed by atoms with Crippen LogP contribution in [0.4, 0.5) is 18.0 Å². The molecule has 2 aromatic carbocycles. The Hall–Kier alpha value is -2.96. The first-order valence-corrected chi connectivity index (χ1v) is 11.3. The number of urea groups is 1. The number of nitrogens with zero attached hydrogens (tertiary/aromatic N) is 1. The smallest absolute Gasteiger partial charge is 0.386 e. The summed E-state index contributed by atoms with van der Waals surface area (Å²) in [7, 11) is 0. The number of nitrogens with one attached hydrogen (secondary N) is 1. The summed E-state index contributed by atoms with van der Waals surface area (Å²) in [5, 5.41) is 22.9. The molecule has 36 heavy (non-hydrogen) atoms. The number of carbonyl (C=O) groups excluding carboxylic acids is 1. The summed E-state index contributed by atoms with van der Waals surface area (Å²) in [6.07, 6.45) is -9.76. The van der Waals surface area contributed by atoms with Crippen LogP contribution in [0.5, 0.6) is 0 Å². The average Bonchev–Trinajstić information content (AvgIpc) is 3.08. The lowest BCUT2D eigenvalue weighted by atomic mass is 9.91. The molecule has 8 nitrogen and oxygen atoms in total. The van der Waals surface area contributed by atoms with E-state index >= 15 is 0 Å². The van der Waals surface area contributed by atoms with Gasteiger partial charge in [0, 0.05) is 6.20 Å². The molecule has 4 rings (SSSR count). The van der Waals surface area contributed by atoms with Crippen molar-refractivity contribution >= 4 is 6.03 Å². The molecule has 2 aromatic rings. The number of hydrogen-bond donors (Lipinski definition) is 3. The van der Waals surface area contributed by atoms with E-state index in [0.717, 1.165) is 16.7 Å². The monoisotopic (exact) mass is 508 g/mol. The Labute approximate surface area is 205 Å². The number of rotatable bonds is 9. The van der Waals surface area contributed by atoms with Crippen LogP contribution in [-0.2, 0) is 27.4 Å². The van der Waals surface area contributed by atoms with Crippen molar-refractivity contribution in [1.29, 1.82) is 0 Å².